The minimum absolute atomic E-state index is 0.130. The van der Waals surface area contributed by atoms with Gasteiger partial charge in [-0.15, -0.1) is 0 Å². The van der Waals surface area contributed by atoms with Gasteiger partial charge in [-0.25, -0.2) is 8.78 Å². The number of halogens is 3. The zero-order chi connectivity index (χ0) is 12.4. The molecular weight excluding hydrogens is 250 g/mol. The number of aromatic hydroxyl groups is 1. The summed E-state index contributed by atoms with van der Waals surface area (Å²) < 4.78 is 30.8. The number of hydrogen-bond acceptors (Lipinski definition) is 2. The van der Waals surface area contributed by atoms with Crippen LogP contribution in [-0.2, 0) is 0 Å². The van der Waals surface area contributed by atoms with Crippen LogP contribution in [0.4, 0.5) is 8.78 Å². The predicted octanol–water partition coefficient (Wildman–Crippen LogP) is 4.12. The molecule has 0 amide bonds. The minimum atomic E-state index is -0.999. The molecule has 0 saturated heterocycles. The maximum atomic E-state index is 12.9. The molecular formula is C12H7ClF2O2. The van der Waals surface area contributed by atoms with Crippen LogP contribution in [0.1, 0.15) is 0 Å². The second-order valence-corrected chi connectivity index (χ2v) is 3.70. The average molecular weight is 257 g/mol. The van der Waals surface area contributed by atoms with Crippen LogP contribution in [0.2, 0.25) is 5.02 Å². The van der Waals surface area contributed by atoms with Crippen molar-refractivity contribution in [2.24, 2.45) is 0 Å². The third-order valence-corrected chi connectivity index (χ3v) is 2.36. The van der Waals surface area contributed by atoms with Gasteiger partial charge < -0.3 is 9.84 Å². The Hall–Kier alpha value is -1.81. The van der Waals surface area contributed by atoms with E-state index in [0.717, 1.165) is 12.1 Å². The number of rotatable bonds is 2. The van der Waals surface area contributed by atoms with E-state index in [1.165, 1.54) is 24.3 Å². The van der Waals surface area contributed by atoms with Crippen molar-refractivity contribution in [3.8, 4) is 17.2 Å². The van der Waals surface area contributed by atoms with Crippen LogP contribution in [0.15, 0.2) is 36.4 Å². The van der Waals surface area contributed by atoms with E-state index in [2.05, 4.69) is 0 Å². The topological polar surface area (TPSA) is 29.5 Å². The van der Waals surface area contributed by atoms with Crippen molar-refractivity contribution in [2.75, 3.05) is 0 Å². The van der Waals surface area contributed by atoms with E-state index >= 15 is 0 Å². The van der Waals surface area contributed by atoms with E-state index in [4.69, 9.17) is 16.3 Å². The van der Waals surface area contributed by atoms with Gasteiger partial charge in [-0.05, 0) is 24.3 Å². The standard InChI is InChI=1S/C12H7ClF2O2/c13-9-3-1-8(6-12(9)16)17-7-2-4-10(14)11(15)5-7/h1-6,16H. The molecule has 0 bridgehead atoms. The number of phenolic OH excluding ortho intramolecular Hbond substituents is 1. The zero-order valence-corrected chi connectivity index (χ0v) is 9.21. The fourth-order valence-corrected chi connectivity index (χ4v) is 1.35. The first kappa shape index (κ1) is 11.7. The van der Waals surface area contributed by atoms with E-state index in [0.29, 0.717) is 0 Å². The third kappa shape index (κ3) is 2.65. The summed E-state index contributed by atoms with van der Waals surface area (Å²) >= 11 is 5.61. The summed E-state index contributed by atoms with van der Waals surface area (Å²) in [6.07, 6.45) is 0. The molecule has 0 aliphatic rings. The van der Waals surface area contributed by atoms with E-state index in [-0.39, 0.29) is 22.3 Å². The van der Waals surface area contributed by atoms with Gasteiger partial charge in [0.2, 0.25) is 0 Å². The summed E-state index contributed by atoms with van der Waals surface area (Å²) in [5.74, 6) is -1.69. The van der Waals surface area contributed by atoms with Gasteiger partial charge in [0.05, 0.1) is 5.02 Å². The molecule has 0 aliphatic heterocycles. The van der Waals surface area contributed by atoms with Gasteiger partial charge in [-0.2, -0.15) is 0 Å². The molecule has 0 radical (unpaired) electrons. The summed E-state index contributed by atoms with van der Waals surface area (Å²) in [5.41, 5.74) is 0. The van der Waals surface area contributed by atoms with E-state index in [9.17, 15) is 13.9 Å². The Morgan fingerprint density at radius 1 is 0.941 bits per heavy atom. The Labute approximate surface area is 101 Å². The average Bonchev–Trinajstić information content (AvgIpc) is 2.29. The largest absolute Gasteiger partial charge is 0.506 e. The Kier molecular flexibility index (Phi) is 3.15. The van der Waals surface area contributed by atoms with Gasteiger partial charge in [0.1, 0.15) is 17.2 Å². The molecule has 0 aliphatic carbocycles. The van der Waals surface area contributed by atoms with Crippen molar-refractivity contribution in [1.29, 1.82) is 0 Å². The summed E-state index contributed by atoms with van der Waals surface area (Å²) in [6, 6.07) is 7.38. The van der Waals surface area contributed by atoms with Gasteiger partial charge in [0.15, 0.2) is 11.6 Å². The lowest BCUT2D eigenvalue weighted by molar-refractivity contribution is 0.447. The molecule has 0 heterocycles. The third-order valence-electron chi connectivity index (χ3n) is 2.04. The van der Waals surface area contributed by atoms with Gasteiger partial charge in [-0.1, -0.05) is 11.6 Å². The molecule has 17 heavy (non-hydrogen) atoms. The first-order chi connectivity index (χ1) is 8.06. The fraction of sp³-hybridized carbons (Fsp3) is 0. The molecule has 0 fully saturated rings. The maximum Gasteiger partial charge on any atom is 0.162 e. The predicted molar refractivity (Wildman–Crippen MR) is 59.5 cm³/mol. The van der Waals surface area contributed by atoms with Crippen molar-refractivity contribution < 1.29 is 18.6 Å². The van der Waals surface area contributed by atoms with E-state index in [1.807, 2.05) is 0 Å². The number of benzene rings is 2. The molecule has 2 rings (SSSR count). The highest BCUT2D eigenvalue weighted by Gasteiger charge is 2.06. The molecule has 1 N–H and O–H groups in total. The molecule has 0 unspecified atom stereocenters. The van der Waals surface area contributed by atoms with E-state index < -0.39 is 11.6 Å². The molecule has 88 valence electrons. The van der Waals surface area contributed by atoms with Gasteiger partial charge in [-0.3, -0.25) is 0 Å². The molecule has 5 heteroatoms. The molecule has 0 aromatic heterocycles. The summed E-state index contributed by atoms with van der Waals surface area (Å²) in [4.78, 5) is 0. The minimum Gasteiger partial charge on any atom is -0.506 e. The highest BCUT2D eigenvalue weighted by Crippen LogP contribution is 2.30. The highest BCUT2D eigenvalue weighted by molar-refractivity contribution is 6.32. The van der Waals surface area contributed by atoms with Crippen LogP contribution in [0, 0.1) is 11.6 Å². The first-order valence-electron chi connectivity index (χ1n) is 4.67. The smallest absolute Gasteiger partial charge is 0.162 e. The van der Waals surface area contributed by atoms with Crippen molar-refractivity contribution >= 4 is 11.6 Å². The van der Waals surface area contributed by atoms with E-state index in [1.54, 1.807) is 0 Å². The lowest BCUT2D eigenvalue weighted by Gasteiger charge is -2.06. The normalized spacial score (nSPS) is 10.3. The fourth-order valence-electron chi connectivity index (χ4n) is 1.23. The lowest BCUT2D eigenvalue weighted by atomic mass is 10.3. The Morgan fingerprint density at radius 2 is 1.59 bits per heavy atom. The number of ether oxygens (including phenoxy) is 1. The van der Waals surface area contributed by atoms with Gasteiger partial charge >= 0.3 is 0 Å². The zero-order valence-electron chi connectivity index (χ0n) is 8.45. The van der Waals surface area contributed by atoms with Gasteiger partial charge in [0.25, 0.3) is 0 Å². The molecule has 0 saturated carbocycles. The summed E-state index contributed by atoms with van der Waals surface area (Å²) in [5, 5.41) is 9.51. The quantitative estimate of drug-likeness (QED) is 0.876. The second kappa shape index (κ2) is 4.59. The molecule has 0 atom stereocenters. The maximum absolute atomic E-state index is 12.9. The molecule has 2 aromatic carbocycles. The van der Waals surface area contributed by atoms with Crippen LogP contribution < -0.4 is 4.74 Å². The Bertz CT molecular complexity index is 509. The van der Waals surface area contributed by atoms with Gasteiger partial charge in [0, 0.05) is 12.1 Å². The summed E-state index contributed by atoms with van der Waals surface area (Å²) in [6.45, 7) is 0. The first-order valence-corrected chi connectivity index (χ1v) is 5.05. The lowest BCUT2D eigenvalue weighted by Crippen LogP contribution is -1.88. The molecule has 2 nitrogen and oxygen atoms in total. The van der Waals surface area contributed by atoms with Crippen molar-refractivity contribution in [3.63, 3.8) is 0 Å². The highest BCUT2D eigenvalue weighted by atomic mass is 35.5. The second-order valence-electron chi connectivity index (χ2n) is 3.29. The number of phenols is 1. The SMILES string of the molecule is Oc1cc(Oc2ccc(F)c(F)c2)ccc1Cl. The summed E-state index contributed by atoms with van der Waals surface area (Å²) in [7, 11) is 0. The van der Waals surface area contributed by atoms with Crippen LogP contribution in [0.25, 0.3) is 0 Å². The van der Waals surface area contributed by atoms with Crippen molar-refractivity contribution in [1.82, 2.24) is 0 Å². The molecule has 0 spiro atoms. The molecule has 2 aromatic rings. The van der Waals surface area contributed by atoms with Crippen LogP contribution >= 0.6 is 11.6 Å². The van der Waals surface area contributed by atoms with Crippen LogP contribution in [-0.4, -0.2) is 5.11 Å². The van der Waals surface area contributed by atoms with Crippen LogP contribution in [0.3, 0.4) is 0 Å². The van der Waals surface area contributed by atoms with Crippen molar-refractivity contribution in [3.05, 3.63) is 53.1 Å². The van der Waals surface area contributed by atoms with Crippen LogP contribution in [0.5, 0.6) is 17.2 Å². The Balaban J connectivity index is 2.25. The Morgan fingerprint density at radius 3 is 2.24 bits per heavy atom. The van der Waals surface area contributed by atoms with Crippen molar-refractivity contribution in [2.45, 2.75) is 0 Å². The monoisotopic (exact) mass is 256 g/mol. The number of hydrogen-bond donors (Lipinski definition) is 1.